The monoisotopic (exact) mass is 402 g/mol. The topological polar surface area (TPSA) is 151 Å². The summed E-state index contributed by atoms with van der Waals surface area (Å²) in [5, 5.41) is 14.0. The Labute approximate surface area is 162 Å². The smallest absolute Gasteiger partial charge is 0.276 e. The number of amides is 2. The number of aryl methyl sites for hydroxylation is 1. The van der Waals surface area contributed by atoms with E-state index in [9.17, 15) is 18.0 Å². The van der Waals surface area contributed by atoms with Crippen LogP contribution in [0.1, 0.15) is 17.5 Å². The maximum Gasteiger partial charge on any atom is 0.276 e. The molecular weight excluding hydrogens is 384 g/mol. The summed E-state index contributed by atoms with van der Waals surface area (Å²) in [4.78, 5) is 23.5. The zero-order valence-electron chi connectivity index (χ0n) is 14.7. The van der Waals surface area contributed by atoms with Gasteiger partial charge in [-0.1, -0.05) is 24.3 Å². The number of hydrogen-bond donors (Lipinski definition) is 3. The van der Waals surface area contributed by atoms with Crippen molar-refractivity contribution in [3.63, 3.8) is 0 Å². The van der Waals surface area contributed by atoms with E-state index in [0.717, 1.165) is 5.56 Å². The number of ether oxygens (including phenoxy) is 1. The van der Waals surface area contributed by atoms with E-state index in [1.54, 1.807) is 36.4 Å². The molecule has 9 nitrogen and oxygen atoms in total. The molecule has 0 unspecified atom stereocenters. The van der Waals surface area contributed by atoms with E-state index in [-0.39, 0.29) is 23.7 Å². The standard InChI is InChI=1S/C18H18N4O5S/c19-11-14-3-1-2-4-16(14)27-12-18(24)22-21-17(23)10-7-13-5-8-15(9-6-13)28(20,25)26/h1-6,8-9H,7,10,12H2,(H,21,23)(H,22,24)(H2,20,25,26). The molecule has 0 aliphatic heterocycles. The van der Waals surface area contributed by atoms with Crippen molar-refractivity contribution in [3.8, 4) is 11.8 Å². The van der Waals surface area contributed by atoms with Gasteiger partial charge in [0.15, 0.2) is 6.61 Å². The molecule has 146 valence electrons. The van der Waals surface area contributed by atoms with Crippen LogP contribution in [0.4, 0.5) is 0 Å². The second-order valence-electron chi connectivity index (χ2n) is 5.68. The van der Waals surface area contributed by atoms with Gasteiger partial charge >= 0.3 is 0 Å². The number of carbonyl (C=O) groups excluding carboxylic acids is 2. The molecule has 0 aromatic heterocycles. The van der Waals surface area contributed by atoms with E-state index < -0.39 is 21.8 Å². The quantitative estimate of drug-likeness (QED) is 0.569. The number of nitrogens with zero attached hydrogens (tertiary/aromatic N) is 1. The third kappa shape index (κ3) is 6.39. The van der Waals surface area contributed by atoms with Crippen LogP contribution < -0.4 is 20.7 Å². The first-order chi connectivity index (χ1) is 13.3. The highest BCUT2D eigenvalue weighted by Gasteiger charge is 2.09. The summed E-state index contributed by atoms with van der Waals surface area (Å²) in [6.45, 7) is -0.367. The number of carbonyl (C=O) groups is 2. The van der Waals surface area contributed by atoms with E-state index in [0.29, 0.717) is 12.0 Å². The third-order valence-corrected chi connectivity index (χ3v) is 4.53. The Hall–Kier alpha value is -3.42. The first kappa shape index (κ1) is 20.9. The summed E-state index contributed by atoms with van der Waals surface area (Å²) in [6.07, 6.45) is 0.422. The molecule has 0 radical (unpaired) electrons. The van der Waals surface area contributed by atoms with Crippen LogP contribution in [0.3, 0.4) is 0 Å². The highest BCUT2D eigenvalue weighted by molar-refractivity contribution is 7.89. The fraction of sp³-hybridized carbons (Fsp3) is 0.167. The Kier molecular flexibility index (Phi) is 7.08. The summed E-state index contributed by atoms with van der Waals surface area (Å²) < 4.78 is 27.6. The molecule has 0 fully saturated rings. The second-order valence-corrected chi connectivity index (χ2v) is 7.24. The SMILES string of the molecule is N#Cc1ccccc1OCC(=O)NNC(=O)CCc1ccc(S(N)(=O)=O)cc1. The molecule has 2 rings (SSSR count). The van der Waals surface area contributed by atoms with E-state index >= 15 is 0 Å². The van der Waals surface area contributed by atoms with Crippen molar-refractivity contribution in [2.24, 2.45) is 5.14 Å². The van der Waals surface area contributed by atoms with Crippen molar-refractivity contribution in [2.45, 2.75) is 17.7 Å². The summed E-state index contributed by atoms with van der Waals surface area (Å²) in [7, 11) is -3.76. The minimum Gasteiger partial charge on any atom is -0.482 e. The largest absolute Gasteiger partial charge is 0.482 e. The van der Waals surface area contributed by atoms with Crippen LogP contribution in [-0.2, 0) is 26.0 Å². The average Bonchev–Trinajstić information content (AvgIpc) is 2.69. The molecule has 0 aliphatic carbocycles. The van der Waals surface area contributed by atoms with Gasteiger partial charge in [0.2, 0.25) is 15.9 Å². The fourth-order valence-electron chi connectivity index (χ4n) is 2.17. The molecule has 0 heterocycles. The number of benzene rings is 2. The zero-order chi connectivity index (χ0) is 20.6. The minimum absolute atomic E-state index is 0.00839. The number of nitrogens with two attached hydrogens (primary N) is 1. The normalized spacial score (nSPS) is 10.6. The van der Waals surface area contributed by atoms with Crippen LogP contribution in [-0.4, -0.2) is 26.8 Å². The van der Waals surface area contributed by atoms with Gasteiger partial charge in [0, 0.05) is 6.42 Å². The average molecular weight is 402 g/mol. The minimum atomic E-state index is -3.76. The lowest BCUT2D eigenvalue weighted by molar-refractivity contribution is -0.130. The summed E-state index contributed by atoms with van der Waals surface area (Å²) in [5.74, 6) is -0.741. The number of rotatable bonds is 7. The molecule has 0 bridgehead atoms. The van der Waals surface area contributed by atoms with Crippen molar-refractivity contribution >= 4 is 21.8 Å². The Balaban J connectivity index is 1.73. The van der Waals surface area contributed by atoms with Gasteiger partial charge in [-0.15, -0.1) is 0 Å². The molecule has 28 heavy (non-hydrogen) atoms. The molecule has 2 aromatic carbocycles. The van der Waals surface area contributed by atoms with Gasteiger partial charge in [-0.05, 0) is 36.2 Å². The lowest BCUT2D eigenvalue weighted by atomic mass is 10.1. The van der Waals surface area contributed by atoms with Gasteiger partial charge in [0.1, 0.15) is 11.8 Å². The van der Waals surface area contributed by atoms with Crippen LogP contribution in [0.2, 0.25) is 0 Å². The van der Waals surface area contributed by atoms with E-state index in [1.165, 1.54) is 12.1 Å². The zero-order valence-corrected chi connectivity index (χ0v) is 15.5. The number of nitrogens with one attached hydrogen (secondary N) is 2. The van der Waals surface area contributed by atoms with Crippen molar-refractivity contribution in [1.82, 2.24) is 10.9 Å². The Morgan fingerprint density at radius 3 is 2.32 bits per heavy atom. The number of para-hydroxylation sites is 1. The molecule has 0 saturated carbocycles. The number of hydrazine groups is 1. The van der Waals surface area contributed by atoms with Crippen LogP contribution >= 0.6 is 0 Å². The molecular formula is C18H18N4O5S. The molecule has 0 atom stereocenters. The lowest BCUT2D eigenvalue weighted by Crippen LogP contribution is -2.43. The van der Waals surface area contributed by atoms with Gasteiger partial charge in [0.25, 0.3) is 5.91 Å². The number of sulfonamides is 1. The predicted molar refractivity (Wildman–Crippen MR) is 99.1 cm³/mol. The van der Waals surface area contributed by atoms with Crippen molar-refractivity contribution in [2.75, 3.05) is 6.61 Å². The molecule has 0 spiro atoms. The lowest BCUT2D eigenvalue weighted by Gasteiger charge is -2.09. The predicted octanol–water partition coefficient (Wildman–Crippen LogP) is 0.365. The highest BCUT2D eigenvalue weighted by Crippen LogP contribution is 2.16. The van der Waals surface area contributed by atoms with Crippen LogP contribution in [0, 0.1) is 11.3 Å². The van der Waals surface area contributed by atoms with Crippen molar-refractivity contribution in [3.05, 3.63) is 59.7 Å². The second kappa shape index (κ2) is 9.50. The van der Waals surface area contributed by atoms with Gasteiger partial charge < -0.3 is 4.74 Å². The van der Waals surface area contributed by atoms with Gasteiger partial charge in [-0.3, -0.25) is 20.4 Å². The first-order valence-electron chi connectivity index (χ1n) is 8.11. The number of hydrogen-bond acceptors (Lipinski definition) is 6. The Morgan fingerprint density at radius 1 is 1.04 bits per heavy atom. The maximum atomic E-state index is 11.8. The molecule has 2 aromatic rings. The Morgan fingerprint density at radius 2 is 1.68 bits per heavy atom. The van der Waals surface area contributed by atoms with Gasteiger partial charge in [-0.2, -0.15) is 5.26 Å². The summed E-state index contributed by atoms with van der Waals surface area (Å²) in [5.41, 5.74) is 5.51. The molecule has 0 saturated heterocycles. The van der Waals surface area contributed by atoms with E-state index in [2.05, 4.69) is 10.9 Å². The summed E-state index contributed by atoms with van der Waals surface area (Å²) >= 11 is 0. The summed E-state index contributed by atoms with van der Waals surface area (Å²) in [6, 6.07) is 14.3. The molecule has 0 aliphatic rings. The van der Waals surface area contributed by atoms with Gasteiger partial charge in [0.05, 0.1) is 10.5 Å². The van der Waals surface area contributed by atoms with E-state index in [4.69, 9.17) is 15.1 Å². The molecule has 2 amide bonds. The fourth-order valence-corrected chi connectivity index (χ4v) is 2.69. The number of nitriles is 1. The maximum absolute atomic E-state index is 11.8. The first-order valence-corrected chi connectivity index (χ1v) is 9.65. The van der Waals surface area contributed by atoms with Crippen LogP contribution in [0.5, 0.6) is 5.75 Å². The third-order valence-electron chi connectivity index (χ3n) is 3.60. The highest BCUT2D eigenvalue weighted by atomic mass is 32.2. The van der Waals surface area contributed by atoms with Crippen LogP contribution in [0.15, 0.2) is 53.4 Å². The van der Waals surface area contributed by atoms with Crippen LogP contribution in [0.25, 0.3) is 0 Å². The molecule has 10 heteroatoms. The van der Waals surface area contributed by atoms with Gasteiger partial charge in [-0.25, -0.2) is 13.6 Å². The molecule has 4 N–H and O–H groups in total. The van der Waals surface area contributed by atoms with Crippen molar-refractivity contribution < 1.29 is 22.7 Å². The Bertz CT molecular complexity index is 997. The number of primary sulfonamides is 1. The van der Waals surface area contributed by atoms with E-state index in [1.807, 2.05) is 6.07 Å². The van der Waals surface area contributed by atoms with Crippen molar-refractivity contribution in [1.29, 1.82) is 5.26 Å².